The van der Waals surface area contributed by atoms with Crippen LogP contribution in [0.5, 0.6) is 0 Å². The predicted molar refractivity (Wildman–Crippen MR) is 179 cm³/mol. The number of halogens is 3. The lowest BCUT2D eigenvalue weighted by molar-refractivity contribution is -0.137. The van der Waals surface area contributed by atoms with Crippen molar-refractivity contribution < 1.29 is 22.8 Å². The Kier molecular flexibility index (Phi) is 6.41. The number of aryl methyl sites for hydroxylation is 1. The van der Waals surface area contributed by atoms with E-state index in [2.05, 4.69) is 0 Å². The van der Waals surface area contributed by atoms with E-state index in [-0.39, 0.29) is 16.7 Å². The molecule has 0 saturated heterocycles. The lowest BCUT2D eigenvalue weighted by Gasteiger charge is -2.18. The van der Waals surface area contributed by atoms with Crippen LogP contribution < -0.4 is 4.90 Å². The maximum Gasteiger partial charge on any atom is 0.417 e. The Hall–Kier alpha value is -5.95. The van der Waals surface area contributed by atoms with Crippen LogP contribution in [0.25, 0.3) is 49.7 Å². The monoisotopic (exact) mass is 622 g/mol. The van der Waals surface area contributed by atoms with Gasteiger partial charge in [0.1, 0.15) is 0 Å². The molecule has 6 aromatic carbocycles. The molecule has 0 fully saturated rings. The molecule has 2 heterocycles. The van der Waals surface area contributed by atoms with E-state index < -0.39 is 23.6 Å². The average molecular weight is 623 g/mol. The topological polar surface area (TPSA) is 42.3 Å². The highest BCUT2D eigenvalue weighted by molar-refractivity contribution is 6.36. The summed E-state index contributed by atoms with van der Waals surface area (Å²) in [4.78, 5) is 29.6. The molecule has 0 atom stereocenters. The van der Waals surface area contributed by atoms with Crippen LogP contribution in [0, 0.1) is 6.92 Å². The molecule has 47 heavy (non-hydrogen) atoms. The fourth-order valence-corrected chi connectivity index (χ4v) is 6.75. The Bertz CT molecular complexity index is 2410. The van der Waals surface area contributed by atoms with Crippen LogP contribution >= 0.6 is 0 Å². The highest BCUT2D eigenvalue weighted by atomic mass is 19.4. The summed E-state index contributed by atoms with van der Waals surface area (Å²) < 4.78 is 44.3. The van der Waals surface area contributed by atoms with E-state index in [1.165, 1.54) is 17.0 Å². The molecule has 1 aliphatic rings. The molecule has 0 spiro atoms. The van der Waals surface area contributed by atoms with Gasteiger partial charge in [-0.3, -0.25) is 9.59 Å². The Morgan fingerprint density at radius 2 is 1.21 bits per heavy atom. The average Bonchev–Trinajstić information content (AvgIpc) is 3.55. The number of carbonyl (C=O) groups excluding carboxylic acids is 2. The zero-order chi connectivity index (χ0) is 32.4. The number of amides is 2. The molecule has 8 rings (SSSR count). The van der Waals surface area contributed by atoms with Crippen LogP contribution in [-0.2, 0) is 6.18 Å². The standard InChI is InChI=1S/C40H25F3N2O2/c1-24-18-20-27(32(22-24)40(41,42)43)26-19-21-35-31(23-26)29-13-6-8-16-34(29)44(35)36-17-9-14-30-37(36)39(47)45(38(30)46)33-15-7-5-12-28(33)25-10-3-2-4-11-25/h2-23H,1H3. The molecule has 1 aromatic heterocycles. The van der Waals surface area contributed by atoms with Gasteiger partial charge in [-0.2, -0.15) is 13.2 Å². The van der Waals surface area contributed by atoms with Crippen molar-refractivity contribution in [2.24, 2.45) is 0 Å². The summed E-state index contributed by atoms with van der Waals surface area (Å²) in [6.07, 6.45) is -4.52. The number of benzene rings is 6. The van der Waals surface area contributed by atoms with Gasteiger partial charge >= 0.3 is 6.18 Å². The van der Waals surface area contributed by atoms with Gasteiger partial charge in [-0.05, 0) is 66.1 Å². The third-order valence-electron chi connectivity index (χ3n) is 8.83. The van der Waals surface area contributed by atoms with E-state index in [0.717, 1.165) is 27.4 Å². The largest absolute Gasteiger partial charge is 0.417 e. The van der Waals surface area contributed by atoms with Crippen molar-refractivity contribution in [3.8, 4) is 27.9 Å². The molecular formula is C40H25F3N2O2. The zero-order valence-corrected chi connectivity index (χ0v) is 25.0. The number of carbonyl (C=O) groups is 2. The van der Waals surface area contributed by atoms with E-state index in [0.29, 0.717) is 28.0 Å². The van der Waals surface area contributed by atoms with E-state index in [1.54, 1.807) is 61.5 Å². The highest BCUT2D eigenvalue weighted by Crippen LogP contribution is 2.43. The summed E-state index contributed by atoms with van der Waals surface area (Å²) in [5.74, 6) is -0.863. The quantitative estimate of drug-likeness (QED) is 0.183. The molecule has 2 amide bonds. The van der Waals surface area contributed by atoms with Gasteiger partial charge in [0.25, 0.3) is 11.8 Å². The van der Waals surface area contributed by atoms with Gasteiger partial charge < -0.3 is 4.57 Å². The van der Waals surface area contributed by atoms with Gasteiger partial charge in [-0.25, -0.2) is 4.90 Å². The van der Waals surface area contributed by atoms with E-state index >= 15 is 0 Å². The van der Waals surface area contributed by atoms with Crippen molar-refractivity contribution in [2.45, 2.75) is 13.1 Å². The van der Waals surface area contributed by atoms with Crippen LogP contribution in [-0.4, -0.2) is 16.4 Å². The molecule has 1 aliphatic heterocycles. The highest BCUT2D eigenvalue weighted by Gasteiger charge is 2.40. The molecule has 228 valence electrons. The van der Waals surface area contributed by atoms with E-state index in [1.807, 2.05) is 71.3 Å². The Balaban J connectivity index is 1.32. The van der Waals surface area contributed by atoms with Gasteiger partial charge in [0, 0.05) is 16.3 Å². The molecule has 7 aromatic rings. The summed E-state index contributed by atoms with van der Waals surface area (Å²) >= 11 is 0. The van der Waals surface area contributed by atoms with Crippen molar-refractivity contribution >= 4 is 39.3 Å². The minimum absolute atomic E-state index is 0.0935. The van der Waals surface area contributed by atoms with Crippen LogP contribution in [0.3, 0.4) is 0 Å². The fraction of sp³-hybridized carbons (Fsp3) is 0.0500. The van der Waals surface area contributed by atoms with Crippen molar-refractivity contribution in [2.75, 3.05) is 4.90 Å². The number of fused-ring (bicyclic) bond motifs is 4. The lowest BCUT2D eigenvalue weighted by atomic mass is 9.96. The number of alkyl halides is 3. The molecular weight excluding hydrogens is 597 g/mol. The maximum absolute atomic E-state index is 14.4. The number of hydrogen-bond acceptors (Lipinski definition) is 2. The molecule has 0 saturated carbocycles. The minimum atomic E-state index is -4.52. The lowest BCUT2D eigenvalue weighted by Crippen LogP contribution is -2.30. The van der Waals surface area contributed by atoms with Crippen LogP contribution in [0.4, 0.5) is 18.9 Å². The molecule has 0 radical (unpaired) electrons. The first-order chi connectivity index (χ1) is 22.7. The third kappa shape index (κ3) is 4.46. The van der Waals surface area contributed by atoms with Gasteiger partial charge in [0.05, 0.1) is 39.1 Å². The minimum Gasteiger partial charge on any atom is -0.308 e. The summed E-state index contributed by atoms with van der Waals surface area (Å²) in [5, 5.41) is 1.54. The third-order valence-corrected chi connectivity index (χ3v) is 8.83. The van der Waals surface area contributed by atoms with Crippen LogP contribution in [0.2, 0.25) is 0 Å². The van der Waals surface area contributed by atoms with Crippen LogP contribution in [0.1, 0.15) is 31.8 Å². The maximum atomic E-state index is 14.4. The first-order valence-corrected chi connectivity index (χ1v) is 15.1. The summed E-state index contributed by atoms with van der Waals surface area (Å²) in [6, 6.07) is 39.3. The molecule has 0 aliphatic carbocycles. The second kappa shape index (κ2) is 10.6. The Morgan fingerprint density at radius 3 is 2.02 bits per heavy atom. The summed E-state index contributed by atoms with van der Waals surface area (Å²) in [5.41, 5.74) is 5.01. The Morgan fingerprint density at radius 1 is 0.532 bits per heavy atom. The van der Waals surface area contributed by atoms with E-state index in [4.69, 9.17) is 0 Å². The number of imide groups is 1. The summed E-state index contributed by atoms with van der Waals surface area (Å²) in [6.45, 7) is 1.64. The molecule has 4 nitrogen and oxygen atoms in total. The van der Waals surface area contributed by atoms with Gasteiger partial charge in [0.2, 0.25) is 0 Å². The van der Waals surface area contributed by atoms with Crippen molar-refractivity contribution in [1.29, 1.82) is 0 Å². The first kappa shape index (κ1) is 28.5. The molecule has 0 bridgehead atoms. The van der Waals surface area contributed by atoms with Crippen molar-refractivity contribution in [1.82, 2.24) is 4.57 Å². The number of anilines is 1. The molecule has 7 heteroatoms. The second-order valence-electron chi connectivity index (χ2n) is 11.7. The second-order valence-corrected chi connectivity index (χ2v) is 11.7. The predicted octanol–water partition coefficient (Wildman–Crippen LogP) is 10.2. The first-order valence-electron chi connectivity index (χ1n) is 15.1. The smallest absolute Gasteiger partial charge is 0.308 e. The SMILES string of the molecule is Cc1ccc(-c2ccc3c(c2)c2ccccc2n3-c2cccc3c2C(=O)N(c2ccccc2-c2ccccc2)C3=O)c(C(F)(F)F)c1. The van der Waals surface area contributed by atoms with Gasteiger partial charge in [-0.1, -0.05) is 96.6 Å². The van der Waals surface area contributed by atoms with E-state index in [9.17, 15) is 22.8 Å². The van der Waals surface area contributed by atoms with Crippen LogP contribution in [0.15, 0.2) is 133 Å². The number of aromatic nitrogens is 1. The number of para-hydroxylation sites is 2. The van der Waals surface area contributed by atoms with Gasteiger partial charge in [-0.15, -0.1) is 0 Å². The van der Waals surface area contributed by atoms with Crippen molar-refractivity contribution in [3.05, 3.63) is 156 Å². The fourth-order valence-electron chi connectivity index (χ4n) is 6.75. The number of nitrogens with zero attached hydrogens (tertiary/aromatic N) is 2. The normalized spacial score (nSPS) is 13.1. The van der Waals surface area contributed by atoms with Gasteiger partial charge in [0.15, 0.2) is 0 Å². The number of hydrogen-bond donors (Lipinski definition) is 0. The Labute approximate surface area is 267 Å². The van der Waals surface area contributed by atoms with Crippen molar-refractivity contribution in [3.63, 3.8) is 0 Å². The number of rotatable bonds is 4. The molecule has 0 N–H and O–H groups in total. The molecule has 0 unspecified atom stereocenters. The summed E-state index contributed by atoms with van der Waals surface area (Å²) in [7, 11) is 0. The zero-order valence-electron chi connectivity index (χ0n) is 25.0.